The molecule has 0 aromatic heterocycles. The number of hydrogen-bond acceptors (Lipinski definition) is 6. The van der Waals surface area contributed by atoms with Gasteiger partial charge in [-0.05, 0) is 17.5 Å². The summed E-state index contributed by atoms with van der Waals surface area (Å²) in [5, 5.41) is 0. The van der Waals surface area contributed by atoms with E-state index in [1.807, 2.05) is 36.4 Å². The van der Waals surface area contributed by atoms with Crippen molar-refractivity contribution >= 4 is 6.09 Å². The number of carbonyl (C=O) groups excluding carboxylic acids is 1. The molecule has 1 amide bonds. The van der Waals surface area contributed by atoms with E-state index in [0.717, 1.165) is 50.5 Å². The predicted octanol–water partition coefficient (Wildman–Crippen LogP) is 3.29. The van der Waals surface area contributed by atoms with Crippen LogP contribution in [-0.4, -0.2) is 61.5 Å². The Balaban J connectivity index is 1.33. The van der Waals surface area contributed by atoms with Gasteiger partial charge in [0.1, 0.15) is 12.4 Å². The Hall–Kier alpha value is -3.03. The molecule has 7 nitrogen and oxygen atoms in total. The second-order valence-corrected chi connectivity index (χ2v) is 8.16. The van der Waals surface area contributed by atoms with E-state index in [-0.39, 0.29) is 12.1 Å². The zero-order valence-electron chi connectivity index (χ0n) is 18.3. The molecular formula is C25H31N3O4. The minimum atomic E-state index is -0.737. The van der Waals surface area contributed by atoms with Gasteiger partial charge in [0.15, 0.2) is 5.76 Å². The Kier molecular flexibility index (Phi) is 7.64. The van der Waals surface area contributed by atoms with Gasteiger partial charge in [0.2, 0.25) is 6.79 Å². The molecular weight excluding hydrogens is 406 g/mol. The van der Waals surface area contributed by atoms with Crippen LogP contribution in [0.3, 0.4) is 0 Å². The van der Waals surface area contributed by atoms with Crippen LogP contribution in [0.15, 0.2) is 72.7 Å². The van der Waals surface area contributed by atoms with Crippen molar-refractivity contribution in [2.24, 2.45) is 5.73 Å². The Morgan fingerprint density at radius 1 is 1.00 bits per heavy atom. The molecule has 0 bridgehead atoms. The number of rotatable bonds is 9. The van der Waals surface area contributed by atoms with Crippen LogP contribution in [0.1, 0.15) is 23.7 Å². The van der Waals surface area contributed by atoms with Crippen molar-refractivity contribution in [1.82, 2.24) is 9.80 Å². The maximum Gasteiger partial charge on any atom is 0.405 e. The maximum atomic E-state index is 11.4. The van der Waals surface area contributed by atoms with Gasteiger partial charge < -0.3 is 24.8 Å². The smallest absolute Gasteiger partial charge is 0.405 e. The maximum absolute atomic E-state index is 11.4. The monoisotopic (exact) mass is 437 g/mol. The number of primary amides is 1. The lowest BCUT2D eigenvalue weighted by atomic mass is 10.0. The first-order valence-electron chi connectivity index (χ1n) is 11.1. The van der Waals surface area contributed by atoms with Gasteiger partial charge in [0, 0.05) is 39.1 Å². The summed E-state index contributed by atoms with van der Waals surface area (Å²) in [6.45, 7) is 4.89. The van der Waals surface area contributed by atoms with Gasteiger partial charge in [-0.3, -0.25) is 4.90 Å². The lowest BCUT2D eigenvalue weighted by Gasteiger charge is -2.39. The number of piperazine rings is 1. The van der Waals surface area contributed by atoms with E-state index in [9.17, 15) is 4.79 Å². The van der Waals surface area contributed by atoms with E-state index in [1.165, 1.54) is 5.56 Å². The number of amides is 1. The van der Waals surface area contributed by atoms with Crippen molar-refractivity contribution in [2.75, 3.05) is 39.5 Å². The lowest BCUT2D eigenvalue weighted by Crippen LogP contribution is -2.51. The van der Waals surface area contributed by atoms with E-state index >= 15 is 0 Å². The molecule has 0 spiro atoms. The van der Waals surface area contributed by atoms with Crippen LogP contribution < -0.4 is 5.73 Å². The van der Waals surface area contributed by atoms with Crippen LogP contribution in [0, 0.1) is 0 Å². The van der Waals surface area contributed by atoms with Crippen LogP contribution in [0.5, 0.6) is 0 Å². The van der Waals surface area contributed by atoms with Gasteiger partial charge >= 0.3 is 6.09 Å². The van der Waals surface area contributed by atoms with Crippen LogP contribution >= 0.6 is 0 Å². The van der Waals surface area contributed by atoms with E-state index in [2.05, 4.69) is 34.1 Å². The highest BCUT2D eigenvalue weighted by Gasteiger charge is 2.30. The van der Waals surface area contributed by atoms with Gasteiger partial charge in [0.05, 0.1) is 6.04 Å². The highest BCUT2D eigenvalue weighted by Crippen LogP contribution is 2.24. The molecule has 2 atom stereocenters. The minimum Gasteiger partial charge on any atom is -0.462 e. The summed E-state index contributed by atoms with van der Waals surface area (Å²) >= 11 is 0. The van der Waals surface area contributed by atoms with Crippen molar-refractivity contribution in [3.05, 3.63) is 83.8 Å². The van der Waals surface area contributed by atoms with Gasteiger partial charge in [-0.1, -0.05) is 60.7 Å². The third kappa shape index (κ3) is 6.02. The van der Waals surface area contributed by atoms with Gasteiger partial charge in [-0.15, -0.1) is 0 Å². The van der Waals surface area contributed by atoms with Crippen LogP contribution in [0.25, 0.3) is 0 Å². The molecule has 2 aromatic carbocycles. The Morgan fingerprint density at radius 3 is 2.31 bits per heavy atom. The second-order valence-electron chi connectivity index (χ2n) is 8.16. The third-order valence-corrected chi connectivity index (χ3v) is 6.08. The topological polar surface area (TPSA) is 77.3 Å². The van der Waals surface area contributed by atoms with Crippen molar-refractivity contribution in [3.63, 3.8) is 0 Å². The molecule has 2 unspecified atom stereocenters. The molecule has 2 aliphatic rings. The molecule has 0 radical (unpaired) electrons. The van der Waals surface area contributed by atoms with Crippen molar-refractivity contribution < 1.29 is 19.0 Å². The van der Waals surface area contributed by atoms with Gasteiger partial charge in [0.25, 0.3) is 0 Å². The van der Waals surface area contributed by atoms with Crippen LogP contribution in [0.2, 0.25) is 0 Å². The summed E-state index contributed by atoms with van der Waals surface area (Å²) in [5.74, 6) is 0.904. The zero-order chi connectivity index (χ0) is 22.2. The van der Waals surface area contributed by atoms with Crippen LogP contribution in [0.4, 0.5) is 4.79 Å². The number of benzene rings is 2. The molecule has 1 fully saturated rings. The van der Waals surface area contributed by atoms with Crippen molar-refractivity contribution in [2.45, 2.75) is 25.0 Å². The number of hydrogen-bond donors (Lipinski definition) is 1. The minimum absolute atomic E-state index is 0.164. The number of ether oxygens (including phenoxy) is 3. The van der Waals surface area contributed by atoms with E-state index in [0.29, 0.717) is 13.2 Å². The molecule has 0 saturated carbocycles. The fraction of sp³-hybridized carbons (Fsp3) is 0.400. The molecule has 2 N–H and O–H groups in total. The number of carbonyl (C=O) groups is 1. The fourth-order valence-electron chi connectivity index (χ4n) is 4.37. The van der Waals surface area contributed by atoms with Crippen LogP contribution in [-0.2, 0) is 20.6 Å². The van der Waals surface area contributed by atoms with Gasteiger partial charge in [-0.25, -0.2) is 4.79 Å². The molecule has 170 valence electrons. The second kappa shape index (κ2) is 11.0. The number of nitrogens with two attached hydrogens (primary N) is 1. The lowest BCUT2D eigenvalue weighted by molar-refractivity contribution is 0.0412. The zero-order valence-corrected chi connectivity index (χ0v) is 18.3. The van der Waals surface area contributed by atoms with E-state index < -0.39 is 6.09 Å². The molecule has 1 saturated heterocycles. The molecule has 2 heterocycles. The quantitative estimate of drug-likeness (QED) is 0.649. The standard InChI is InChI=1S/C25H31N3O4/c26-25(29)32-23(21-9-5-2-6-10-21)11-12-27-13-15-28(16-14-27)22(24-18-30-19-31-24)17-20-7-3-1-4-8-20/h1-10,18,22-23H,11-17,19H2,(H2,26,29). The summed E-state index contributed by atoms with van der Waals surface area (Å²) < 4.78 is 16.5. The first kappa shape index (κ1) is 22.2. The van der Waals surface area contributed by atoms with E-state index in [1.54, 1.807) is 6.26 Å². The molecule has 7 heteroatoms. The molecule has 2 aromatic rings. The average Bonchev–Trinajstić information content (AvgIpc) is 3.36. The van der Waals surface area contributed by atoms with E-state index in [4.69, 9.17) is 19.9 Å². The largest absolute Gasteiger partial charge is 0.462 e. The predicted molar refractivity (Wildman–Crippen MR) is 122 cm³/mol. The Bertz CT molecular complexity index is 883. The SMILES string of the molecule is NC(=O)OC(CCN1CCN(C(Cc2ccccc2)C2=COCO2)CC1)c1ccccc1. The normalized spacial score (nSPS) is 18.8. The molecule has 0 aliphatic carbocycles. The Morgan fingerprint density at radius 2 is 1.69 bits per heavy atom. The number of nitrogens with zero attached hydrogens (tertiary/aromatic N) is 2. The fourth-order valence-corrected chi connectivity index (χ4v) is 4.37. The summed E-state index contributed by atoms with van der Waals surface area (Å²) in [4.78, 5) is 16.3. The molecule has 32 heavy (non-hydrogen) atoms. The van der Waals surface area contributed by atoms with Crippen molar-refractivity contribution in [3.8, 4) is 0 Å². The average molecular weight is 438 g/mol. The Labute approximate surface area is 189 Å². The summed E-state index contributed by atoms with van der Waals surface area (Å²) in [7, 11) is 0. The highest BCUT2D eigenvalue weighted by atomic mass is 16.7. The molecule has 2 aliphatic heterocycles. The van der Waals surface area contributed by atoms with Crippen molar-refractivity contribution in [1.29, 1.82) is 0 Å². The third-order valence-electron chi connectivity index (χ3n) is 6.08. The highest BCUT2D eigenvalue weighted by molar-refractivity contribution is 5.65. The van der Waals surface area contributed by atoms with Gasteiger partial charge in [-0.2, -0.15) is 0 Å². The summed E-state index contributed by atoms with van der Waals surface area (Å²) in [6.07, 6.45) is 2.29. The first-order valence-corrected chi connectivity index (χ1v) is 11.1. The first-order chi connectivity index (χ1) is 15.7. The summed E-state index contributed by atoms with van der Waals surface area (Å²) in [5.41, 5.74) is 7.56. The summed E-state index contributed by atoms with van der Waals surface area (Å²) in [6, 6.07) is 20.4. The molecule has 4 rings (SSSR count).